The second-order valence-corrected chi connectivity index (χ2v) is 8.74. The van der Waals surface area contributed by atoms with Crippen LogP contribution in [-0.2, 0) is 0 Å². The standard InChI is InChI=1S/C21H32/c1-4-15-9-11-18-17-10-8-16-7-5-6-13-20(16,2)19(17)12-14-21(15,18)3/h8-9,17-19H,4-7,10-14H2,1-3H3. The largest absolute Gasteiger partial charge is 0.0845 e. The van der Waals surface area contributed by atoms with Crippen molar-refractivity contribution in [1.29, 1.82) is 0 Å². The minimum Gasteiger partial charge on any atom is -0.0845 e. The first-order chi connectivity index (χ1) is 10.1. The van der Waals surface area contributed by atoms with E-state index in [2.05, 4.69) is 32.9 Å². The molecule has 0 aliphatic heterocycles. The molecule has 4 aliphatic rings. The molecule has 0 heteroatoms. The minimum atomic E-state index is 0.548. The summed E-state index contributed by atoms with van der Waals surface area (Å²) in [7, 11) is 0. The molecule has 5 unspecified atom stereocenters. The monoisotopic (exact) mass is 284 g/mol. The molecule has 116 valence electrons. The molecule has 5 atom stereocenters. The van der Waals surface area contributed by atoms with E-state index in [0.29, 0.717) is 10.8 Å². The molecule has 4 aliphatic carbocycles. The van der Waals surface area contributed by atoms with E-state index in [1.807, 2.05) is 5.57 Å². The average molecular weight is 284 g/mol. The lowest BCUT2D eigenvalue weighted by atomic mass is 9.47. The van der Waals surface area contributed by atoms with Gasteiger partial charge < -0.3 is 0 Å². The maximum absolute atomic E-state index is 2.69. The van der Waals surface area contributed by atoms with Crippen molar-refractivity contribution in [3.05, 3.63) is 23.3 Å². The zero-order valence-electron chi connectivity index (χ0n) is 14.3. The van der Waals surface area contributed by atoms with Crippen molar-refractivity contribution in [2.75, 3.05) is 0 Å². The minimum absolute atomic E-state index is 0.548. The third-order valence-corrected chi connectivity index (χ3v) is 8.14. The van der Waals surface area contributed by atoms with Crippen LogP contribution >= 0.6 is 0 Å². The van der Waals surface area contributed by atoms with Gasteiger partial charge in [-0.1, -0.05) is 50.5 Å². The van der Waals surface area contributed by atoms with Crippen LogP contribution in [0.3, 0.4) is 0 Å². The molecule has 0 aromatic rings. The Balaban J connectivity index is 1.68. The van der Waals surface area contributed by atoms with Crippen LogP contribution in [0.5, 0.6) is 0 Å². The molecule has 2 fully saturated rings. The van der Waals surface area contributed by atoms with Crippen LogP contribution in [-0.4, -0.2) is 0 Å². The molecule has 21 heavy (non-hydrogen) atoms. The van der Waals surface area contributed by atoms with E-state index in [4.69, 9.17) is 0 Å². The molecular weight excluding hydrogens is 252 g/mol. The maximum Gasteiger partial charge on any atom is -0.00823 e. The van der Waals surface area contributed by atoms with Gasteiger partial charge in [-0.3, -0.25) is 0 Å². The lowest BCUT2D eigenvalue weighted by Gasteiger charge is -2.57. The molecule has 0 saturated heterocycles. The van der Waals surface area contributed by atoms with Gasteiger partial charge in [0.15, 0.2) is 0 Å². The zero-order chi connectivity index (χ0) is 14.7. The summed E-state index contributed by atoms with van der Waals surface area (Å²) in [4.78, 5) is 0. The quantitative estimate of drug-likeness (QED) is 0.497. The van der Waals surface area contributed by atoms with Crippen LogP contribution in [0, 0.1) is 28.6 Å². The highest BCUT2D eigenvalue weighted by Gasteiger charge is 2.55. The van der Waals surface area contributed by atoms with Gasteiger partial charge in [-0.15, -0.1) is 0 Å². The highest BCUT2D eigenvalue weighted by atomic mass is 14.6. The molecule has 4 rings (SSSR count). The number of hydrogen-bond acceptors (Lipinski definition) is 0. The molecule has 0 aromatic carbocycles. The summed E-state index contributed by atoms with van der Waals surface area (Å²) in [5.74, 6) is 2.90. The summed E-state index contributed by atoms with van der Waals surface area (Å²) in [6.07, 6.45) is 18.1. The fourth-order valence-electron chi connectivity index (χ4n) is 6.90. The SMILES string of the molecule is CCC1=CCC2C3CC=C4CCCCC4(C)C3CCC12C. The van der Waals surface area contributed by atoms with Gasteiger partial charge in [-0.2, -0.15) is 0 Å². The third-order valence-electron chi connectivity index (χ3n) is 8.14. The molecule has 0 heterocycles. The Hall–Kier alpha value is -0.520. The Morgan fingerprint density at radius 3 is 2.67 bits per heavy atom. The molecule has 2 saturated carbocycles. The van der Waals surface area contributed by atoms with Crippen molar-refractivity contribution in [3.63, 3.8) is 0 Å². The Morgan fingerprint density at radius 1 is 1.00 bits per heavy atom. The van der Waals surface area contributed by atoms with Crippen molar-refractivity contribution < 1.29 is 0 Å². The predicted molar refractivity (Wildman–Crippen MR) is 90.1 cm³/mol. The third kappa shape index (κ3) is 1.80. The summed E-state index contributed by atoms with van der Waals surface area (Å²) in [6.45, 7) is 7.59. The Labute approximate surface area is 131 Å². The van der Waals surface area contributed by atoms with Gasteiger partial charge in [0, 0.05) is 0 Å². The number of allylic oxidation sites excluding steroid dienone is 4. The van der Waals surface area contributed by atoms with E-state index >= 15 is 0 Å². The van der Waals surface area contributed by atoms with E-state index in [9.17, 15) is 0 Å². The average Bonchev–Trinajstić information content (AvgIpc) is 2.83. The highest BCUT2D eigenvalue weighted by molar-refractivity contribution is 5.29. The van der Waals surface area contributed by atoms with Gasteiger partial charge in [0.25, 0.3) is 0 Å². The molecular formula is C21H32. The maximum atomic E-state index is 2.69. The van der Waals surface area contributed by atoms with E-state index in [-0.39, 0.29) is 0 Å². The Kier molecular flexibility index (Phi) is 3.18. The summed E-state index contributed by atoms with van der Waals surface area (Å²) >= 11 is 0. The molecule has 0 radical (unpaired) electrons. The Bertz CT molecular complexity index is 496. The van der Waals surface area contributed by atoms with Crippen molar-refractivity contribution in [2.24, 2.45) is 28.6 Å². The van der Waals surface area contributed by atoms with Gasteiger partial charge >= 0.3 is 0 Å². The number of fused-ring (bicyclic) bond motifs is 5. The van der Waals surface area contributed by atoms with Crippen molar-refractivity contribution >= 4 is 0 Å². The lowest BCUT2D eigenvalue weighted by Crippen LogP contribution is -2.48. The summed E-state index contributed by atoms with van der Waals surface area (Å²) < 4.78 is 0. The number of rotatable bonds is 1. The second kappa shape index (κ2) is 4.74. The molecule has 0 spiro atoms. The summed E-state index contributed by atoms with van der Waals surface area (Å²) in [5, 5.41) is 0. The predicted octanol–water partition coefficient (Wildman–Crippen LogP) is 6.29. The van der Waals surface area contributed by atoms with Crippen molar-refractivity contribution in [2.45, 2.75) is 78.6 Å². The first kappa shape index (κ1) is 14.1. The Morgan fingerprint density at radius 2 is 1.86 bits per heavy atom. The highest BCUT2D eigenvalue weighted by Crippen LogP contribution is 2.65. The van der Waals surface area contributed by atoms with Crippen LogP contribution < -0.4 is 0 Å². The number of hydrogen-bond donors (Lipinski definition) is 0. The topological polar surface area (TPSA) is 0 Å². The molecule has 0 amide bonds. The van der Waals surface area contributed by atoms with E-state index < -0.39 is 0 Å². The van der Waals surface area contributed by atoms with Gasteiger partial charge in [0.1, 0.15) is 0 Å². The van der Waals surface area contributed by atoms with Crippen LogP contribution in [0.2, 0.25) is 0 Å². The second-order valence-electron chi connectivity index (χ2n) is 8.74. The first-order valence-corrected chi connectivity index (χ1v) is 9.48. The van der Waals surface area contributed by atoms with E-state index in [0.717, 1.165) is 17.8 Å². The normalized spacial score (nSPS) is 48.8. The van der Waals surface area contributed by atoms with Crippen molar-refractivity contribution in [1.82, 2.24) is 0 Å². The van der Waals surface area contributed by atoms with Crippen LogP contribution in [0.1, 0.15) is 78.6 Å². The van der Waals surface area contributed by atoms with Crippen LogP contribution in [0.25, 0.3) is 0 Å². The van der Waals surface area contributed by atoms with Crippen LogP contribution in [0.4, 0.5) is 0 Å². The van der Waals surface area contributed by atoms with Crippen LogP contribution in [0.15, 0.2) is 23.3 Å². The molecule has 0 N–H and O–H groups in total. The fraction of sp³-hybridized carbons (Fsp3) is 0.810. The fourth-order valence-corrected chi connectivity index (χ4v) is 6.90. The smallest absolute Gasteiger partial charge is 0.00823 e. The molecule has 0 nitrogen and oxygen atoms in total. The zero-order valence-corrected chi connectivity index (χ0v) is 14.3. The summed E-state index contributed by atoms with van der Waals surface area (Å²) in [6, 6.07) is 0. The molecule has 0 bridgehead atoms. The molecule has 0 aromatic heterocycles. The van der Waals surface area contributed by atoms with E-state index in [1.54, 1.807) is 5.57 Å². The van der Waals surface area contributed by atoms with Gasteiger partial charge in [0.05, 0.1) is 0 Å². The van der Waals surface area contributed by atoms with Gasteiger partial charge in [-0.25, -0.2) is 0 Å². The van der Waals surface area contributed by atoms with Crippen molar-refractivity contribution in [3.8, 4) is 0 Å². The van der Waals surface area contributed by atoms with Gasteiger partial charge in [0.2, 0.25) is 0 Å². The summed E-state index contributed by atoms with van der Waals surface area (Å²) in [5.41, 5.74) is 4.75. The van der Waals surface area contributed by atoms with E-state index in [1.165, 1.54) is 57.8 Å². The lowest BCUT2D eigenvalue weighted by molar-refractivity contribution is -0.0174. The van der Waals surface area contributed by atoms with Gasteiger partial charge in [-0.05, 0) is 80.0 Å². The first-order valence-electron chi connectivity index (χ1n) is 9.48.